The fourth-order valence-corrected chi connectivity index (χ4v) is 3.82. The van der Waals surface area contributed by atoms with Crippen molar-refractivity contribution in [3.63, 3.8) is 0 Å². The monoisotopic (exact) mass is 291 g/mol. The highest BCUT2D eigenvalue weighted by atomic mass is 32.1. The fraction of sp³-hybridized carbons (Fsp3) is 0.0556. The molecule has 4 aromatic rings. The van der Waals surface area contributed by atoms with E-state index < -0.39 is 0 Å². The van der Waals surface area contributed by atoms with Crippen LogP contribution in [0.15, 0.2) is 54.7 Å². The van der Waals surface area contributed by atoms with E-state index in [2.05, 4.69) is 36.4 Å². The number of carbonyl (C=O) groups excluding carboxylic acids is 1. The van der Waals surface area contributed by atoms with Gasteiger partial charge < -0.3 is 4.40 Å². The number of hydrogen-bond donors (Lipinski definition) is 0. The third kappa shape index (κ3) is 1.89. The molecule has 102 valence electrons. The van der Waals surface area contributed by atoms with Gasteiger partial charge in [-0.25, -0.2) is 0 Å². The zero-order valence-corrected chi connectivity index (χ0v) is 12.4. The molecule has 0 unspecified atom stereocenters. The van der Waals surface area contributed by atoms with Crippen molar-refractivity contribution in [2.45, 2.75) is 6.92 Å². The number of aryl methyl sites for hydroxylation is 1. The topological polar surface area (TPSA) is 21.5 Å². The van der Waals surface area contributed by atoms with Crippen LogP contribution in [-0.2, 0) is 0 Å². The number of benzene rings is 1. The second-order valence-electron chi connectivity index (χ2n) is 5.21. The molecule has 4 rings (SSSR count). The predicted octanol–water partition coefficient (Wildman–Crippen LogP) is 4.94. The lowest BCUT2D eigenvalue weighted by molar-refractivity contribution is 0.111. The molecule has 0 radical (unpaired) electrons. The van der Waals surface area contributed by atoms with Crippen molar-refractivity contribution in [2.75, 3.05) is 0 Å². The summed E-state index contributed by atoms with van der Waals surface area (Å²) in [7, 11) is 0. The molecule has 3 aromatic heterocycles. The molecule has 0 saturated heterocycles. The van der Waals surface area contributed by atoms with Crippen molar-refractivity contribution in [3.05, 3.63) is 66.0 Å². The predicted molar refractivity (Wildman–Crippen MR) is 88.3 cm³/mol. The van der Waals surface area contributed by atoms with E-state index in [0.717, 1.165) is 33.5 Å². The Morgan fingerprint density at radius 1 is 1.10 bits per heavy atom. The molecule has 0 aliphatic rings. The summed E-state index contributed by atoms with van der Waals surface area (Å²) in [5.74, 6) is 0. The summed E-state index contributed by atoms with van der Waals surface area (Å²) in [6.45, 7) is 2.03. The van der Waals surface area contributed by atoms with Crippen molar-refractivity contribution in [3.8, 4) is 10.4 Å². The Hall–Kier alpha value is -2.39. The van der Waals surface area contributed by atoms with Crippen molar-refractivity contribution >= 4 is 33.2 Å². The Balaban J connectivity index is 2.02. The molecule has 2 nitrogen and oxygen atoms in total. The van der Waals surface area contributed by atoms with Crippen LogP contribution in [0.25, 0.3) is 26.0 Å². The highest BCUT2D eigenvalue weighted by molar-refractivity contribution is 7.22. The molecule has 1 aromatic carbocycles. The maximum absolute atomic E-state index is 11.6. The second kappa shape index (κ2) is 4.57. The number of carbonyl (C=O) groups is 1. The van der Waals surface area contributed by atoms with Crippen LogP contribution in [0, 0.1) is 6.92 Å². The van der Waals surface area contributed by atoms with Crippen LogP contribution in [0.5, 0.6) is 0 Å². The Bertz CT molecular complexity index is 944. The first kappa shape index (κ1) is 12.4. The van der Waals surface area contributed by atoms with Crippen molar-refractivity contribution in [1.82, 2.24) is 4.40 Å². The van der Waals surface area contributed by atoms with Crippen molar-refractivity contribution in [1.29, 1.82) is 0 Å². The van der Waals surface area contributed by atoms with Gasteiger partial charge >= 0.3 is 0 Å². The number of pyridine rings is 1. The van der Waals surface area contributed by atoms with E-state index in [4.69, 9.17) is 0 Å². The normalized spacial score (nSPS) is 11.3. The first-order valence-corrected chi connectivity index (χ1v) is 7.64. The number of thiophene rings is 1. The van der Waals surface area contributed by atoms with Crippen molar-refractivity contribution < 1.29 is 4.79 Å². The number of aldehydes is 1. The van der Waals surface area contributed by atoms with E-state index in [1.165, 1.54) is 10.1 Å². The maximum atomic E-state index is 11.6. The van der Waals surface area contributed by atoms with Gasteiger partial charge in [-0.15, -0.1) is 11.3 Å². The number of aromatic nitrogens is 1. The third-order valence-electron chi connectivity index (χ3n) is 3.76. The van der Waals surface area contributed by atoms with Gasteiger partial charge in [0, 0.05) is 26.9 Å². The van der Waals surface area contributed by atoms with Gasteiger partial charge in [-0.2, -0.15) is 0 Å². The molecular formula is C18H13NOS. The van der Waals surface area contributed by atoms with Crippen LogP contribution < -0.4 is 0 Å². The summed E-state index contributed by atoms with van der Waals surface area (Å²) < 4.78 is 3.22. The van der Waals surface area contributed by atoms with Gasteiger partial charge in [0.05, 0.1) is 5.69 Å². The quantitative estimate of drug-likeness (QED) is 0.479. The molecule has 0 fully saturated rings. The standard InChI is InChI=1S/C18H13NOS/c1-12-6-7-14-9-15(16(11-20)19(14)10-12)18-8-13-4-2-3-5-17(13)21-18/h2-11H,1H3. The number of hydrogen-bond acceptors (Lipinski definition) is 2. The molecule has 0 atom stereocenters. The molecular weight excluding hydrogens is 278 g/mol. The minimum atomic E-state index is 0.722. The van der Waals surface area contributed by atoms with E-state index in [-0.39, 0.29) is 0 Å². The molecule has 0 saturated carbocycles. The molecule has 0 amide bonds. The first-order chi connectivity index (χ1) is 10.3. The lowest BCUT2D eigenvalue weighted by Gasteiger charge is -1.99. The number of rotatable bonds is 2. The number of nitrogens with zero attached hydrogens (tertiary/aromatic N) is 1. The molecule has 3 heterocycles. The lowest BCUT2D eigenvalue weighted by Crippen LogP contribution is -1.92. The maximum Gasteiger partial charge on any atom is 0.167 e. The van der Waals surface area contributed by atoms with Crippen LogP contribution in [0.3, 0.4) is 0 Å². The fourth-order valence-electron chi connectivity index (χ4n) is 2.73. The van der Waals surface area contributed by atoms with E-state index in [1.54, 1.807) is 11.3 Å². The van der Waals surface area contributed by atoms with Gasteiger partial charge in [0.25, 0.3) is 0 Å². The molecule has 0 aliphatic heterocycles. The largest absolute Gasteiger partial charge is 0.313 e. The van der Waals surface area contributed by atoms with Gasteiger partial charge in [0.1, 0.15) is 0 Å². The SMILES string of the molecule is Cc1ccc2cc(-c3cc4ccccc4s3)c(C=O)n2c1. The summed E-state index contributed by atoms with van der Waals surface area (Å²) in [6, 6.07) is 16.7. The molecule has 21 heavy (non-hydrogen) atoms. The summed E-state index contributed by atoms with van der Waals surface area (Å²) in [5.41, 5.74) is 3.93. The van der Waals surface area contributed by atoms with Crippen LogP contribution in [0.4, 0.5) is 0 Å². The average molecular weight is 291 g/mol. The van der Waals surface area contributed by atoms with Crippen molar-refractivity contribution in [2.24, 2.45) is 0 Å². The minimum Gasteiger partial charge on any atom is -0.313 e. The Labute approximate surface area is 126 Å². The zero-order chi connectivity index (χ0) is 14.4. The van der Waals surface area contributed by atoms with Crippen LogP contribution in [0.1, 0.15) is 16.1 Å². The summed E-state index contributed by atoms with van der Waals surface area (Å²) >= 11 is 1.73. The van der Waals surface area contributed by atoms with Gasteiger partial charge in [0.2, 0.25) is 0 Å². The van der Waals surface area contributed by atoms with E-state index >= 15 is 0 Å². The van der Waals surface area contributed by atoms with E-state index in [1.807, 2.05) is 29.7 Å². The first-order valence-electron chi connectivity index (χ1n) is 6.82. The second-order valence-corrected chi connectivity index (χ2v) is 6.29. The summed E-state index contributed by atoms with van der Waals surface area (Å²) in [6.07, 6.45) is 2.96. The van der Waals surface area contributed by atoms with Gasteiger partial charge in [-0.1, -0.05) is 24.3 Å². The lowest BCUT2D eigenvalue weighted by atomic mass is 10.2. The molecule has 0 bridgehead atoms. The Kier molecular flexibility index (Phi) is 2.69. The minimum absolute atomic E-state index is 0.722. The Morgan fingerprint density at radius 2 is 1.95 bits per heavy atom. The molecule has 0 aliphatic carbocycles. The van der Waals surface area contributed by atoms with Gasteiger partial charge in [-0.05, 0) is 42.1 Å². The summed E-state index contributed by atoms with van der Waals surface area (Å²) in [5, 5.41) is 1.22. The highest BCUT2D eigenvalue weighted by Crippen LogP contribution is 2.36. The zero-order valence-electron chi connectivity index (χ0n) is 11.5. The van der Waals surface area contributed by atoms with E-state index in [9.17, 15) is 4.79 Å². The number of fused-ring (bicyclic) bond motifs is 2. The van der Waals surface area contributed by atoms with Crippen LogP contribution in [-0.4, -0.2) is 10.7 Å². The summed E-state index contributed by atoms with van der Waals surface area (Å²) in [4.78, 5) is 12.7. The highest BCUT2D eigenvalue weighted by Gasteiger charge is 2.13. The van der Waals surface area contributed by atoms with E-state index in [0.29, 0.717) is 0 Å². The van der Waals surface area contributed by atoms with Crippen LogP contribution in [0.2, 0.25) is 0 Å². The molecule has 0 spiro atoms. The Morgan fingerprint density at radius 3 is 2.76 bits per heavy atom. The molecule has 3 heteroatoms. The van der Waals surface area contributed by atoms with Gasteiger partial charge in [-0.3, -0.25) is 4.79 Å². The van der Waals surface area contributed by atoms with Crippen LogP contribution >= 0.6 is 11.3 Å². The van der Waals surface area contributed by atoms with Gasteiger partial charge in [0.15, 0.2) is 6.29 Å². The smallest absolute Gasteiger partial charge is 0.167 e. The average Bonchev–Trinajstić information content (AvgIpc) is 3.07. The third-order valence-corrected chi connectivity index (χ3v) is 4.91. The molecule has 0 N–H and O–H groups in total.